The number of carbonyl (C=O) groups excluding carboxylic acids is 3. The van der Waals surface area contributed by atoms with Crippen LogP contribution in [-0.4, -0.2) is 46.2 Å². The monoisotopic (exact) mass is 271 g/mol. The fraction of sp³-hybridized carbons (Fsp3) is 0.786. The molecule has 0 radical (unpaired) electrons. The SMILES string of the molecule is CCC(=O)C(O)(CC)CC(=O)CC(=O)N(CC)CC. The van der Waals surface area contributed by atoms with Crippen molar-refractivity contribution in [2.24, 2.45) is 0 Å². The average Bonchev–Trinajstić information content (AvgIpc) is 2.38. The quantitative estimate of drug-likeness (QED) is 0.642. The second-order valence-electron chi connectivity index (χ2n) is 4.62. The van der Waals surface area contributed by atoms with E-state index in [0.717, 1.165) is 0 Å². The van der Waals surface area contributed by atoms with Crippen LogP contribution in [0.25, 0.3) is 0 Å². The molecular formula is C14H25NO4. The van der Waals surface area contributed by atoms with Crippen LogP contribution in [0.4, 0.5) is 0 Å². The first-order chi connectivity index (χ1) is 8.84. The predicted octanol–water partition coefficient (Wildman–Crippen LogP) is 1.32. The fourth-order valence-electron chi connectivity index (χ4n) is 2.00. The van der Waals surface area contributed by atoms with Crippen LogP contribution in [-0.2, 0) is 14.4 Å². The second kappa shape index (κ2) is 8.04. The summed E-state index contributed by atoms with van der Waals surface area (Å²) in [6.45, 7) is 8.09. The minimum absolute atomic E-state index is 0.182. The van der Waals surface area contributed by atoms with Crippen LogP contribution in [0.1, 0.15) is 53.4 Å². The van der Waals surface area contributed by atoms with E-state index in [1.807, 2.05) is 13.8 Å². The molecule has 5 heteroatoms. The summed E-state index contributed by atoms with van der Waals surface area (Å²) < 4.78 is 0. The van der Waals surface area contributed by atoms with Crippen LogP contribution in [0, 0.1) is 0 Å². The molecule has 0 aromatic carbocycles. The molecular weight excluding hydrogens is 246 g/mol. The van der Waals surface area contributed by atoms with Gasteiger partial charge < -0.3 is 10.0 Å². The Kier molecular flexibility index (Phi) is 7.52. The first-order valence-electron chi connectivity index (χ1n) is 6.89. The molecule has 0 saturated heterocycles. The van der Waals surface area contributed by atoms with Gasteiger partial charge in [-0.05, 0) is 20.3 Å². The third-order valence-electron chi connectivity index (χ3n) is 3.38. The second-order valence-corrected chi connectivity index (χ2v) is 4.62. The molecule has 0 rings (SSSR count). The number of carbonyl (C=O) groups is 3. The van der Waals surface area contributed by atoms with Gasteiger partial charge in [-0.1, -0.05) is 13.8 Å². The van der Waals surface area contributed by atoms with E-state index >= 15 is 0 Å². The minimum atomic E-state index is -1.62. The molecule has 0 saturated carbocycles. The van der Waals surface area contributed by atoms with Crippen molar-refractivity contribution >= 4 is 17.5 Å². The van der Waals surface area contributed by atoms with Gasteiger partial charge in [-0.25, -0.2) is 0 Å². The lowest BCUT2D eigenvalue weighted by atomic mass is 9.87. The maximum Gasteiger partial charge on any atom is 0.229 e. The first-order valence-corrected chi connectivity index (χ1v) is 6.89. The van der Waals surface area contributed by atoms with Gasteiger partial charge in [-0.2, -0.15) is 0 Å². The number of rotatable bonds is 9. The summed E-state index contributed by atoms with van der Waals surface area (Å²) in [5.74, 6) is -0.987. The molecule has 0 aliphatic heterocycles. The Bertz CT molecular complexity index is 336. The van der Waals surface area contributed by atoms with Crippen LogP contribution >= 0.6 is 0 Å². The van der Waals surface area contributed by atoms with Gasteiger partial charge in [0.2, 0.25) is 5.91 Å². The number of ketones is 2. The molecule has 1 amide bonds. The van der Waals surface area contributed by atoms with Gasteiger partial charge >= 0.3 is 0 Å². The smallest absolute Gasteiger partial charge is 0.229 e. The molecule has 0 spiro atoms. The van der Waals surface area contributed by atoms with Crippen LogP contribution in [0.5, 0.6) is 0 Å². The zero-order chi connectivity index (χ0) is 15.1. The molecule has 1 unspecified atom stereocenters. The van der Waals surface area contributed by atoms with Gasteiger partial charge in [0.05, 0.1) is 6.42 Å². The largest absolute Gasteiger partial charge is 0.382 e. The zero-order valence-corrected chi connectivity index (χ0v) is 12.4. The molecule has 0 heterocycles. The number of hydrogen-bond acceptors (Lipinski definition) is 4. The highest BCUT2D eigenvalue weighted by Gasteiger charge is 2.35. The Morgan fingerprint density at radius 2 is 1.58 bits per heavy atom. The summed E-state index contributed by atoms with van der Waals surface area (Å²) in [5.41, 5.74) is -1.62. The zero-order valence-electron chi connectivity index (χ0n) is 12.4. The van der Waals surface area contributed by atoms with Gasteiger partial charge in [-0.15, -0.1) is 0 Å². The van der Waals surface area contributed by atoms with E-state index in [-0.39, 0.29) is 43.2 Å². The number of aliphatic hydroxyl groups is 1. The van der Waals surface area contributed by atoms with Crippen molar-refractivity contribution in [2.45, 2.75) is 59.0 Å². The van der Waals surface area contributed by atoms with Crippen molar-refractivity contribution in [1.82, 2.24) is 4.90 Å². The first kappa shape index (κ1) is 17.8. The van der Waals surface area contributed by atoms with Crippen molar-refractivity contribution < 1.29 is 19.5 Å². The van der Waals surface area contributed by atoms with E-state index in [2.05, 4.69) is 0 Å². The van der Waals surface area contributed by atoms with Crippen molar-refractivity contribution in [3.63, 3.8) is 0 Å². The lowest BCUT2D eigenvalue weighted by Gasteiger charge is -2.24. The van der Waals surface area contributed by atoms with Gasteiger partial charge in [0, 0.05) is 25.9 Å². The number of amides is 1. The normalized spacial score (nSPS) is 13.7. The molecule has 0 aromatic rings. The summed E-state index contributed by atoms with van der Waals surface area (Å²) in [5, 5.41) is 10.1. The van der Waals surface area contributed by atoms with Crippen LogP contribution < -0.4 is 0 Å². The van der Waals surface area contributed by atoms with Crippen molar-refractivity contribution in [3.05, 3.63) is 0 Å². The minimum Gasteiger partial charge on any atom is -0.382 e. The molecule has 110 valence electrons. The summed E-state index contributed by atoms with van der Waals surface area (Å²) >= 11 is 0. The molecule has 1 N–H and O–H groups in total. The van der Waals surface area contributed by atoms with Crippen LogP contribution in [0.2, 0.25) is 0 Å². The topological polar surface area (TPSA) is 74.7 Å². The average molecular weight is 271 g/mol. The molecule has 1 atom stereocenters. The van der Waals surface area contributed by atoms with E-state index in [1.54, 1.807) is 18.7 Å². The molecule has 0 fully saturated rings. The van der Waals surface area contributed by atoms with Crippen molar-refractivity contribution in [1.29, 1.82) is 0 Å². The van der Waals surface area contributed by atoms with Gasteiger partial charge in [-0.3, -0.25) is 14.4 Å². The molecule has 0 aromatic heterocycles. The molecule has 5 nitrogen and oxygen atoms in total. The summed E-state index contributed by atoms with van der Waals surface area (Å²) in [7, 11) is 0. The van der Waals surface area contributed by atoms with Crippen LogP contribution in [0.15, 0.2) is 0 Å². The van der Waals surface area contributed by atoms with E-state index in [9.17, 15) is 19.5 Å². The van der Waals surface area contributed by atoms with E-state index in [0.29, 0.717) is 13.1 Å². The Morgan fingerprint density at radius 1 is 1.05 bits per heavy atom. The number of nitrogens with zero attached hydrogens (tertiary/aromatic N) is 1. The van der Waals surface area contributed by atoms with Gasteiger partial charge in [0.1, 0.15) is 11.4 Å². The maximum absolute atomic E-state index is 11.8. The standard InChI is InChI=1S/C14H25NO4/c1-5-12(17)14(19,6-2)10-11(16)9-13(18)15(7-3)8-4/h19H,5-10H2,1-4H3. The summed E-state index contributed by atoms with van der Waals surface area (Å²) in [6, 6.07) is 0. The Morgan fingerprint density at radius 3 is 1.95 bits per heavy atom. The Labute approximate surface area is 115 Å². The number of Topliss-reactive ketones (excluding diaryl/α,β-unsaturated/α-hetero) is 2. The van der Waals surface area contributed by atoms with Gasteiger partial charge in [0.25, 0.3) is 0 Å². The van der Waals surface area contributed by atoms with Crippen molar-refractivity contribution in [3.8, 4) is 0 Å². The molecule has 0 aliphatic rings. The maximum atomic E-state index is 11.8. The predicted molar refractivity (Wildman–Crippen MR) is 72.7 cm³/mol. The molecule has 19 heavy (non-hydrogen) atoms. The third-order valence-corrected chi connectivity index (χ3v) is 3.38. The van der Waals surface area contributed by atoms with Gasteiger partial charge in [0.15, 0.2) is 5.78 Å². The van der Waals surface area contributed by atoms with E-state index in [4.69, 9.17) is 0 Å². The lowest BCUT2D eigenvalue weighted by Crippen LogP contribution is -2.41. The Balaban J connectivity index is 4.60. The number of hydrogen-bond donors (Lipinski definition) is 1. The van der Waals surface area contributed by atoms with Crippen LogP contribution in [0.3, 0.4) is 0 Å². The highest BCUT2D eigenvalue weighted by atomic mass is 16.3. The fourth-order valence-corrected chi connectivity index (χ4v) is 2.00. The Hall–Kier alpha value is -1.23. The highest BCUT2D eigenvalue weighted by Crippen LogP contribution is 2.19. The summed E-state index contributed by atoms with van der Waals surface area (Å²) in [6.07, 6.45) is -0.156. The lowest BCUT2D eigenvalue weighted by molar-refractivity contribution is -0.145. The third kappa shape index (κ3) is 5.11. The van der Waals surface area contributed by atoms with E-state index < -0.39 is 5.60 Å². The molecule has 0 aliphatic carbocycles. The highest BCUT2D eigenvalue weighted by molar-refractivity contribution is 6.01. The molecule has 0 bridgehead atoms. The van der Waals surface area contributed by atoms with E-state index in [1.165, 1.54) is 0 Å². The van der Waals surface area contributed by atoms with Crippen molar-refractivity contribution in [2.75, 3.05) is 13.1 Å². The summed E-state index contributed by atoms with van der Waals surface area (Å²) in [4.78, 5) is 36.8.